The van der Waals surface area contributed by atoms with Gasteiger partial charge in [0.1, 0.15) is 0 Å². The monoisotopic (exact) mass is 322 g/mol. The van der Waals surface area contributed by atoms with E-state index in [2.05, 4.69) is 0 Å². The Morgan fingerprint density at radius 3 is 2.32 bits per heavy atom. The van der Waals surface area contributed by atoms with E-state index in [1.165, 1.54) is 0 Å². The number of hydrogen-bond donors (Lipinski definition) is 0. The molecular formula is C16H22N2O3S. The van der Waals surface area contributed by atoms with E-state index < -0.39 is 0 Å². The van der Waals surface area contributed by atoms with Crippen LogP contribution in [0.4, 0.5) is 4.79 Å². The average molecular weight is 322 g/mol. The van der Waals surface area contributed by atoms with E-state index in [0.717, 1.165) is 4.90 Å². The van der Waals surface area contributed by atoms with Gasteiger partial charge in [-0.15, -0.1) is 11.8 Å². The third-order valence-corrected chi connectivity index (χ3v) is 4.62. The molecule has 0 aliphatic carbocycles. The molecule has 1 aromatic carbocycles. The highest BCUT2D eigenvalue weighted by atomic mass is 32.2. The number of amides is 2. The first kappa shape index (κ1) is 16.7. The number of hydrogen-bond acceptors (Lipinski definition) is 4. The molecule has 120 valence electrons. The normalized spacial score (nSPS) is 16.3. The van der Waals surface area contributed by atoms with Gasteiger partial charge in [0.15, 0.2) is 0 Å². The van der Waals surface area contributed by atoms with E-state index in [9.17, 15) is 9.59 Å². The Bertz CT molecular complexity index is 501. The van der Waals surface area contributed by atoms with Gasteiger partial charge in [0.2, 0.25) is 5.91 Å². The number of thioether (sulfide) groups is 1. The lowest BCUT2D eigenvalue weighted by Crippen LogP contribution is -2.52. The predicted molar refractivity (Wildman–Crippen MR) is 86.9 cm³/mol. The molecule has 1 unspecified atom stereocenters. The Labute approximate surface area is 135 Å². The van der Waals surface area contributed by atoms with E-state index in [0.29, 0.717) is 32.8 Å². The fraction of sp³-hybridized carbons (Fsp3) is 0.500. The number of ether oxygens (including phenoxy) is 1. The van der Waals surface area contributed by atoms with Gasteiger partial charge in [-0.2, -0.15) is 0 Å². The van der Waals surface area contributed by atoms with Crippen molar-refractivity contribution in [1.29, 1.82) is 0 Å². The van der Waals surface area contributed by atoms with Gasteiger partial charge in [-0.05, 0) is 26.0 Å². The highest BCUT2D eigenvalue weighted by molar-refractivity contribution is 8.00. The van der Waals surface area contributed by atoms with Gasteiger partial charge in [0.25, 0.3) is 0 Å². The Hall–Kier alpha value is -1.69. The van der Waals surface area contributed by atoms with Crippen molar-refractivity contribution in [2.45, 2.75) is 24.0 Å². The molecule has 1 heterocycles. The van der Waals surface area contributed by atoms with Gasteiger partial charge in [-0.3, -0.25) is 4.79 Å². The Morgan fingerprint density at radius 2 is 1.73 bits per heavy atom. The summed E-state index contributed by atoms with van der Waals surface area (Å²) in [5.74, 6) is 0.123. The molecule has 22 heavy (non-hydrogen) atoms. The largest absolute Gasteiger partial charge is 0.450 e. The summed E-state index contributed by atoms with van der Waals surface area (Å²) in [6.45, 7) is 6.30. The van der Waals surface area contributed by atoms with Gasteiger partial charge in [-0.1, -0.05) is 18.2 Å². The summed E-state index contributed by atoms with van der Waals surface area (Å²) in [7, 11) is 0. The third kappa shape index (κ3) is 4.40. The summed E-state index contributed by atoms with van der Waals surface area (Å²) < 4.78 is 4.98. The lowest BCUT2D eigenvalue weighted by atomic mass is 10.3. The Balaban J connectivity index is 1.83. The van der Waals surface area contributed by atoms with E-state index in [4.69, 9.17) is 4.74 Å². The maximum Gasteiger partial charge on any atom is 0.409 e. The summed E-state index contributed by atoms with van der Waals surface area (Å²) in [5, 5.41) is -0.128. The minimum absolute atomic E-state index is 0.123. The molecule has 6 heteroatoms. The van der Waals surface area contributed by atoms with Gasteiger partial charge in [0, 0.05) is 31.1 Å². The SMILES string of the molecule is CCOC(=O)N1CCN(C(=O)C(C)Sc2ccccc2)CC1. The number of rotatable bonds is 4. The Kier molecular flexibility index (Phi) is 6.12. The molecule has 0 spiro atoms. The van der Waals surface area contributed by atoms with Crippen molar-refractivity contribution >= 4 is 23.8 Å². The van der Waals surface area contributed by atoms with Crippen LogP contribution in [0.25, 0.3) is 0 Å². The standard InChI is InChI=1S/C16H22N2O3S/c1-3-21-16(20)18-11-9-17(10-12-18)15(19)13(2)22-14-7-5-4-6-8-14/h4-8,13H,3,9-12H2,1-2H3. The van der Waals surface area contributed by atoms with E-state index in [-0.39, 0.29) is 17.3 Å². The first-order chi connectivity index (χ1) is 10.6. The summed E-state index contributed by atoms with van der Waals surface area (Å²) in [6.07, 6.45) is -0.290. The lowest BCUT2D eigenvalue weighted by Gasteiger charge is -2.35. The predicted octanol–water partition coefficient (Wildman–Crippen LogP) is 2.47. The van der Waals surface area contributed by atoms with Gasteiger partial charge >= 0.3 is 6.09 Å². The van der Waals surface area contributed by atoms with E-state index >= 15 is 0 Å². The molecule has 0 N–H and O–H groups in total. The minimum atomic E-state index is -0.290. The zero-order valence-electron chi connectivity index (χ0n) is 13.0. The molecule has 1 saturated heterocycles. The smallest absolute Gasteiger partial charge is 0.409 e. The lowest BCUT2D eigenvalue weighted by molar-refractivity contribution is -0.131. The zero-order chi connectivity index (χ0) is 15.9. The summed E-state index contributed by atoms with van der Waals surface area (Å²) >= 11 is 1.56. The molecule has 0 bridgehead atoms. The molecule has 0 radical (unpaired) electrons. The zero-order valence-corrected chi connectivity index (χ0v) is 13.8. The summed E-state index contributed by atoms with van der Waals surface area (Å²) in [5.41, 5.74) is 0. The maximum absolute atomic E-state index is 12.5. The highest BCUT2D eigenvalue weighted by Gasteiger charge is 2.27. The van der Waals surface area contributed by atoms with Crippen LogP contribution < -0.4 is 0 Å². The van der Waals surface area contributed by atoms with Gasteiger partial charge in [0.05, 0.1) is 11.9 Å². The van der Waals surface area contributed by atoms with Gasteiger partial charge < -0.3 is 14.5 Å². The van der Waals surface area contributed by atoms with Crippen LogP contribution in [0.5, 0.6) is 0 Å². The third-order valence-electron chi connectivity index (χ3n) is 3.52. The molecular weight excluding hydrogens is 300 g/mol. The molecule has 2 rings (SSSR count). The van der Waals surface area contributed by atoms with Crippen LogP contribution in [-0.2, 0) is 9.53 Å². The second-order valence-electron chi connectivity index (χ2n) is 5.08. The Morgan fingerprint density at radius 1 is 1.14 bits per heavy atom. The molecule has 2 amide bonds. The molecule has 1 atom stereocenters. The average Bonchev–Trinajstić information content (AvgIpc) is 2.55. The van der Waals surface area contributed by atoms with Crippen molar-refractivity contribution in [3.63, 3.8) is 0 Å². The molecule has 0 saturated carbocycles. The van der Waals surface area contributed by atoms with E-state index in [1.54, 1.807) is 23.6 Å². The van der Waals surface area contributed by atoms with Crippen molar-refractivity contribution in [2.75, 3.05) is 32.8 Å². The second-order valence-corrected chi connectivity index (χ2v) is 6.50. The fourth-order valence-electron chi connectivity index (χ4n) is 2.33. The van der Waals surface area contributed by atoms with E-state index in [1.807, 2.05) is 42.2 Å². The molecule has 0 aromatic heterocycles. The molecule has 1 aliphatic heterocycles. The van der Waals surface area contributed by atoms with Crippen molar-refractivity contribution in [3.8, 4) is 0 Å². The highest BCUT2D eigenvalue weighted by Crippen LogP contribution is 2.24. The summed E-state index contributed by atoms with van der Waals surface area (Å²) in [6, 6.07) is 9.92. The topological polar surface area (TPSA) is 49.9 Å². The molecule has 1 aliphatic rings. The number of carbonyl (C=O) groups excluding carboxylic acids is 2. The number of benzene rings is 1. The fourth-order valence-corrected chi connectivity index (χ4v) is 3.31. The van der Waals surface area contributed by atoms with Crippen molar-refractivity contribution in [3.05, 3.63) is 30.3 Å². The molecule has 1 aromatic rings. The van der Waals surface area contributed by atoms with Crippen molar-refractivity contribution in [1.82, 2.24) is 9.80 Å². The molecule has 1 fully saturated rings. The van der Waals surface area contributed by atoms with Crippen LogP contribution in [0.15, 0.2) is 35.2 Å². The van der Waals surface area contributed by atoms with Crippen LogP contribution in [-0.4, -0.2) is 59.8 Å². The van der Waals surface area contributed by atoms with Crippen molar-refractivity contribution in [2.24, 2.45) is 0 Å². The van der Waals surface area contributed by atoms with Crippen molar-refractivity contribution < 1.29 is 14.3 Å². The van der Waals surface area contributed by atoms with Crippen LogP contribution in [0.2, 0.25) is 0 Å². The second kappa shape index (κ2) is 8.08. The molecule has 5 nitrogen and oxygen atoms in total. The van der Waals surface area contributed by atoms with Crippen LogP contribution in [0.3, 0.4) is 0 Å². The summed E-state index contributed by atoms with van der Waals surface area (Å²) in [4.78, 5) is 28.7. The first-order valence-corrected chi connectivity index (χ1v) is 8.42. The van der Waals surface area contributed by atoms with Crippen LogP contribution >= 0.6 is 11.8 Å². The quantitative estimate of drug-likeness (QED) is 0.799. The number of carbonyl (C=O) groups is 2. The van der Waals surface area contributed by atoms with Crippen LogP contribution in [0.1, 0.15) is 13.8 Å². The first-order valence-electron chi connectivity index (χ1n) is 7.54. The van der Waals surface area contributed by atoms with Crippen LogP contribution in [0, 0.1) is 0 Å². The van der Waals surface area contributed by atoms with Gasteiger partial charge in [-0.25, -0.2) is 4.79 Å². The maximum atomic E-state index is 12.5. The minimum Gasteiger partial charge on any atom is -0.450 e. The number of piperazine rings is 1. The number of nitrogens with zero attached hydrogens (tertiary/aromatic N) is 2.